The fourth-order valence-electron chi connectivity index (χ4n) is 1.04. The maximum absolute atomic E-state index is 6.03. The SMILES string of the molecule is CCC(O[Si](C)(C)C)[Si](C)C. The Kier molecular flexibility index (Phi) is 4.59. The van der Waals surface area contributed by atoms with E-state index >= 15 is 0 Å². The van der Waals surface area contributed by atoms with Gasteiger partial charge in [0.2, 0.25) is 0 Å². The lowest BCUT2D eigenvalue weighted by Crippen LogP contribution is -2.38. The van der Waals surface area contributed by atoms with Gasteiger partial charge in [0.05, 0.1) is 8.80 Å². The first-order valence-electron chi connectivity index (χ1n) is 4.34. The first-order valence-corrected chi connectivity index (χ1v) is 10.3. The van der Waals surface area contributed by atoms with E-state index in [1.54, 1.807) is 0 Å². The summed E-state index contributed by atoms with van der Waals surface area (Å²) in [5, 5.41) is 0. The second kappa shape index (κ2) is 4.43. The largest absolute Gasteiger partial charge is 0.418 e. The smallest absolute Gasteiger partial charge is 0.183 e. The van der Waals surface area contributed by atoms with Gasteiger partial charge in [-0.15, -0.1) is 0 Å². The third kappa shape index (κ3) is 5.64. The summed E-state index contributed by atoms with van der Waals surface area (Å²) in [6.07, 6.45) is 1.19. The zero-order chi connectivity index (χ0) is 9.07. The van der Waals surface area contributed by atoms with Crippen LogP contribution in [0, 0.1) is 0 Å². The molecule has 3 heteroatoms. The van der Waals surface area contributed by atoms with Gasteiger partial charge in [0.1, 0.15) is 0 Å². The van der Waals surface area contributed by atoms with Gasteiger partial charge in [-0.3, -0.25) is 0 Å². The summed E-state index contributed by atoms with van der Waals surface area (Å²) in [6, 6.07) is 0. The Morgan fingerprint density at radius 1 is 1.27 bits per heavy atom. The normalized spacial score (nSPS) is 15.5. The molecule has 0 saturated heterocycles. The fourth-order valence-corrected chi connectivity index (χ4v) is 4.88. The van der Waals surface area contributed by atoms with Crippen LogP contribution in [0.5, 0.6) is 0 Å². The van der Waals surface area contributed by atoms with E-state index in [2.05, 4.69) is 39.7 Å². The van der Waals surface area contributed by atoms with Gasteiger partial charge in [0.15, 0.2) is 8.32 Å². The van der Waals surface area contributed by atoms with E-state index in [4.69, 9.17) is 4.43 Å². The fraction of sp³-hybridized carbons (Fsp3) is 1.00. The topological polar surface area (TPSA) is 9.23 Å². The second-order valence-corrected chi connectivity index (χ2v) is 11.5. The molecule has 0 rings (SSSR count). The van der Waals surface area contributed by atoms with Crippen LogP contribution < -0.4 is 0 Å². The molecular formula is C8H21OSi2. The van der Waals surface area contributed by atoms with Gasteiger partial charge in [-0.1, -0.05) is 20.0 Å². The van der Waals surface area contributed by atoms with E-state index in [1.165, 1.54) is 6.42 Å². The molecule has 0 fully saturated rings. The Morgan fingerprint density at radius 3 is 1.82 bits per heavy atom. The number of hydrogen-bond donors (Lipinski definition) is 0. The van der Waals surface area contributed by atoms with Gasteiger partial charge in [0.25, 0.3) is 0 Å². The van der Waals surface area contributed by atoms with E-state index in [0.717, 1.165) is 0 Å². The zero-order valence-electron chi connectivity index (χ0n) is 8.69. The van der Waals surface area contributed by atoms with Crippen LogP contribution in [0.3, 0.4) is 0 Å². The van der Waals surface area contributed by atoms with Crippen molar-refractivity contribution in [2.75, 3.05) is 0 Å². The van der Waals surface area contributed by atoms with Crippen LogP contribution in [0.2, 0.25) is 32.7 Å². The highest BCUT2D eigenvalue weighted by atomic mass is 28.4. The summed E-state index contributed by atoms with van der Waals surface area (Å²) in [4.78, 5) is 0. The van der Waals surface area contributed by atoms with E-state index < -0.39 is 8.32 Å². The first-order chi connectivity index (χ1) is 4.87. The minimum Gasteiger partial charge on any atom is -0.418 e. The molecule has 0 aromatic heterocycles. The van der Waals surface area contributed by atoms with Crippen LogP contribution >= 0.6 is 0 Å². The molecule has 0 spiro atoms. The van der Waals surface area contributed by atoms with Crippen LogP contribution in [-0.2, 0) is 4.43 Å². The van der Waals surface area contributed by atoms with Crippen molar-refractivity contribution in [1.29, 1.82) is 0 Å². The Hall–Kier alpha value is 0.394. The summed E-state index contributed by atoms with van der Waals surface area (Å²) >= 11 is 0. The second-order valence-electron chi connectivity index (χ2n) is 4.20. The molecule has 0 saturated carbocycles. The van der Waals surface area contributed by atoms with Gasteiger partial charge in [-0.05, 0) is 26.1 Å². The molecule has 0 aliphatic heterocycles. The molecule has 0 bridgehead atoms. The highest BCUT2D eigenvalue weighted by molar-refractivity contribution is 6.71. The highest BCUT2D eigenvalue weighted by Crippen LogP contribution is 2.12. The molecule has 0 amide bonds. The van der Waals surface area contributed by atoms with Gasteiger partial charge >= 0.3 is 0 Å². The Bertz CT molecular complexity index is 107. The minimum absolute atomic E-state index is 0.244. The lowest BCUT2D eigenvalue weighted by atomic mass is 10.5. The molecule has 0 aliphatic carbocycles. The highest BCUT2D eigenvalue weighted by Gasteiger charge is 2.22. The van der Waals surface area contributed by atoms with Gasteiger partial charge < -0.3 is 4.43 Å². The Labute approximate surface area is 73.9 Å². The Balaban J connectivity index is 3.88. The van der Waals surface area contributed by atoms with E-state index in [9.17, 15) is 0 Å². The average Bonchev–Trinajstić information content (AvgIpc) is 1.80. The summed E-state index contributed by atoms with van der Waals surface area (Å²) in [6.45, 7) is 13.7. The summed E-state index contributed by atoms with van der Waals surface area (Å²) in [7, 11) is -1.52. The lowest BCUT2D eigenvalue weighted by Gasteiger charge is -2.27. The molecule has 0 N–H and O–H groups in total. The third-order valence-electron chi connectivity index (χ3n) is 1.51. The molecule has 1 unspecified atom stereocenters. The number of hydrogen-bond acceptors (Lipinski definition) is 1. The molecule has 1 radical (unpaired) electrons. The van der Waals surface area contributed by atoms with Crippen molar-refractivity contribution >= 4 is 17.1 Å². The van der Waals surface area contributed by atoms with Crippen molar-refractivity contribution in [2.24, 2.45) is 0 Å². The average molecular weight is 189 g/mol. The third-order valence-corrected chi connectivity index (χ3v) is 4.55. The molecule has 0 aromatic carbocycles. The minimum atomic E-state index is -1.28. The van der Waals surface area contributed by atoms with E-state index in [1.807, 2.05) is 0 Å². The van der Waals surface area contributed by atoms with Crippen molar-refractivity contribution in [1.82, 2.24) is 0 Å². The summed E-state index contributed by atoms with van der Waals surface area (Å²) in [5.41, 5.74) is 0.576. The van der Waals surface area contributed by atoms with Gasteiger partial charge in [0, 0.05) is 5.73 Å². The standard InChI is InChI=1S/C8H21OSi2/c1-7-8(10(2)3)9-11(4,5)6/h8H,7H2,1-6H3. The van der Waals surface area contributed by atoms with Crippen LogP contribution in [0.1, 0.15) is 13.3 Å². The van der Waals surface area contributed by atoms with Gasteiger partial charge in [-0.2, -0.15) is 0 Å². The van der Waals surface area contributed by atoms with Crippen molar-refractivity contribution < 1.29 is 4.43 Å². The molecule has 1 nitrogen and oxygen atoms in total. The lowest BCUT2D eigenvalue weighted by molar-refractivity contribution is 0.262. The molecule has 67 valence electrons. The van der Waals surface area contributed by atoms with Crippen LogP contribution in [-0.4, -0.2) is 22.8 Å². The molecule has 1 atom stereocenters. The molecule has 0 aromatic rings. The molecule has 0 aliphatic rings. The summed E-state index contributed by atoms with van der Waals surface area (Å²) < 4.78 is 6.03. The molecular weight excluding hydrogens is 168 g/mol. The van der Waals surface area contributed by atoms with Crippen LogP contribution in [0.25, 0.3) is 0 Å². The molecule has 0 heterocycles. The molecule has 11 heavy (non-hydrogen) atoms. The van der Waals surface area contributed by atoms with E-state index in [-0.39, 0.29) is 8.80 Å². The van der Waals surface area contributed by atoms with Crippen molar-refractivity contribution in [3.63, 3.8) is 0 Å². The maximum atomic E-state index is 6.03. The summed E-state index contributed by atoms with van der Waals surface area (Å²) in [5.74, 6) is 0. The zero-order valence-corrected chi connectivity index (χ0v) is 10.7. The van der Waals surface area contributed by atoms with Gasteiger partial charge in [-0.25, -0.2) is 0 Å². The predicted molar refractivity (Wildman–Crippen MR) is 56.0 cm³/mol. The Morgan fingerprint density at radius 2 is 1.73 bits per heavy atom. The quantitative estimate of drug-likeness (QED) is 0.618. The van der Waals surface area contributed by atoms with E-state index in [0.29, 0.717) is 5.73 Å². The van der Waals surface area contributed by atoms with Crippen molar-refractivity contribution in [2.45, 2.75) is 51.8 Å². The first kappa shape index (κ1) is 11.4. The predicted octanol–water partition coefficient (Wildman–Crippen LogP) is 2.91. The monoisotopic (exact) mass is 189 g/mol. The van der Waals surface area contributed by atoms with Crippen LogP contribution in [0.4, 0.5) is 0 Å². The van der Waals surface area contributed by atoms with Crippen molar-refractivity contribution in [3.05, 3.63) is 0 Å². The number of rotatable bonds is 4. The maximum Gasteiger partial charge on any atom is 0.183 e. The van der Waals surface area contributed by atoms with Crippen LogP contribution in [0.15, 0.2) is 0 Å². The van der Waals surface area contributed by atoms with Crippen molar-refractivity contribution in [3.8, 4) is 0 Å².